The molecule has 1 aliphatic heterocycles. The fourth-order valence-electron chi connectivity index (χ4n) is 2.95. The Morgan fingerprint density at radius 1 is 0.840 bits per heavy atom. The van der Waals surface area contributed by atoms with Gasteiger partial charge in [0.1, 0.15) is 0 Å². The third-order valence-corrected chi connectivity index (χ3v) is 4.31. The van der Waals surface area contributed by atoms with Crippen molar-refractivity contribution < 1.29 is 9.59 Å². The summed E-state index contributed by atoms with van der Waals surface area (Å²) >= 11 is 0. The number of carbonyl (C=O) groups excluding carboxylic acids is 2. The fourth-order valence-corrected chi connectivity index (χ4v) is 2.95. The minimum atomic E-state index is -0.436. The number of nitrogens with one attached hydrogen (secondary N) is 1. The van der Waals surface area contributed by atoms with Gasteiger partial charge in [0, 0.05) is 39.3 Å². The Bertz CT molecular complexity index is 656. The molecule has 1 fully saturated rings. The maximum Gasteiger partial charge on any atom is 0.312 e. The molecule has 0 bridgehead atoms. The lowest BCUT2D eigenvalue weighted by molar-refractivity contribution is -0.152. The summed E-state index contributed by atoms with van der Waals surface area (Å²) in [5, 5.41) is 3.20. The van der Waals surface area contributed by atoms with Crippen LogP contribution in [-0.2, 0) is 22.7 Å². The number of amides is 2. The number of benzene rings is 2. The van der Waals surface area contributed by atoms with Gasteiger partial charge in [0.15, 0.2) is 0 Å². The molecule has 3 rings (SSSR count). The Morgan fingerprint density at radius 2 is 1.32 bits per heavy atom. The Labute approximate surface area is 148 Å². The molecule has 1 N–H and O–H groups in total. The highest BCUT2D eigenvalue weighted by atomic mass is 16.2. The van der Waals surface area contributed by atoms with Crippen molar-refractivity contribution >= 4 is 11.8 Å². The van der Waals surface area contributed by atoms with Crippen molar-refractivity contribution in [2.75, 3.05) is 26.2 Å². The van der Waals surface area contributed by atoms with Gasteiger partial charge in [-0.1, -0.05) is 60.7 Å². The molecule has 0 aromatic heterocycles. The van der Waals surface area contributed by atoms with Crippen LogP contribution in [0.1, 0.15) is 11.1 Å². The van der Waals surface area contributed by atoms with Crippen LogP contribution in [0.4, 0.5) is 0 Å². The van der Waals surface area contributed by atoms with E-state index < -0.39 is 11.8 Å². The topological polar surface area (TPSA) is 52.7 Å². The molecular weight excluding hydrogens is 314 g/mol. The third-order valence-electron chi connectivity index (χ3n) is 4.31. The lowest BCUT2D eigenvalue weighted by Crippen LogP contribution is -2.51. The van der Waals surface area contributed by atoms with E-state index in [1.165, 1.54) is 0 Å². The summed E-state index contributed by atoms with van der Waals surface area (Å²) in [6.07, 6.45) is 0. The van der Waals surface area contributed by atoms with Crippen molar-refractivity contribution in [2.45, 2.75) is 13.1 Å². The van der Waals surface area contributed by atoms with Crippen LogP contribution < -0.4 is 5.32 Å². The van der Waals surface area contributed by atoms with E-state index in [-0.39, 0.29) is 0 Å². The second-order valence-electron chi connectivity index (χ2n) is 6.17. The number of nitrogens with zero attached hydrogens (tertiary/aromatic N) is 2. The first-order chi connectivity index (χ1) is 12.2. The summed E-state index contributed by atoms with van der Waals surface area (Å²) in [5.74, 6) is -0.844. The standard InChI is InChI=1S/C20H23N3O2/c24-19(22-13-11-21-12-14-22)20(25)23(15-17-7-3-1-4-8-17)16-18-9-5-2-6-10-18/h1-10,21H,11-16H2. The average Bonchev–Trinajstić information content (AvgIpc) is 2.68. The van der Waals surface area contributed by atoms with Crippen molar-refractivity contribution in [2.24, 2.45) is 0 Å². The largest absolute Gasteiger partial charge is 0.332 e. The van der Waals surface area contributed by atoms with E-state index in [4.69, 9.17) is 0 Å². The summed E-state index contributed by atoms with van der Waals surface area (Å²) in [6, 6.07) is 19.5. The Hall–Kier alpha value is -2.66. The first-order valence-electron chi connectivity index (χ1n) is 8.61. The first-order valence-corrected chi connectivity index (χ1v) is 8.61. The Balaban J connectivity index is 1.76. The summed E-state index contributed by atoms with van der Waals surface area (Å²) in [7, 11) is 0. The molecule has 0 unspecified atom stereocenters. The van der Waals surface area contributed by atoms with Crippen molar-refractivity contribution in [3.05, 3.63) is 71.8 Å². The number of carbonyl (C=O) groups is 2. The molecule has 2 aromatic carbocycles. The zero-order valence-corrected chi connectivity index (χ0v) is 14.2. The molecule has 0 saturated carbocycles. The van der Waals surface area contributed by atoms with Gasteiger partial charge in [-0.3, -0.25) is 9.59 Å². The van der Waals surface area contributed by atoms with E-state index in [0.29, 0.717) is 26.2 Å². The number of hydrogen-bond acceptors (Lipinski definition) is 3. The van der Waals surface area contributed by atoms with Crippen molar-refractivity contribution in [1.82, 2.24) is 15.1 Å². The molecule has 5 heteroatoms. The van der Waals surface area contributed by atoms with Gasteiger partial charge in [0.05, 0.1) is 0 Å². The molecule has 0 atom stereocenters. The molecule has 1 saturated heterocycles. The van der Waals surface area contributed by atoms with E-state index in [1.54, 1.807) is 9.80 Å². The molecule has 1 aliphatic rings. The normalized spacial score (nSPS) is 14.2. The molecule has 2 aromatic rings. The monoisotopic (exact) mass is 337 g/mol. The second-order valence-corrected chi connectivity index (χ2v) is 6.17. The number of rotatable bonds is 4. The molecule has 5 nitrogen and oxygen atoms in total. The van der Waals surface area contributed by atoms with E-state index in [2.05, 4.69) is 5.32 Å². The highest BCUT2D eigenvalue weighted by molar-refractivity contribution is 6.34. The van der Waals surface area contributed by atoms with E-state index in [0.717, 1.165) is 24.2 Å². The lowest BCUT2D eigenvalue weighted by Gasteiger charge is -2.30. The van der Waals surface area contributed by atoms with Gasteiger partial charge in [0.25, 0.3) is 0 Å². The minimum absolute atomic E-state index is 0.409. The number of hydrogen-bond donors (Lipinski definition) is 1. The maximum atomic E-state index is 12.9. The zero-order chi connectivity index (χ0) is 17.5. The SMILES string of the molecule is O=C(C(=O)N(Cc1ccccc1)Cc1ccccc1)N1CCNCC1. The molecule has 0 radical (unpaired) electrons. The summed E-state index contributed by atoms with van der Waals surface area (Å²) < 4.78 is 0. The molecule has 130 valence electrons. The molecule has 25 heavy (non-hydrogen) atoms. The smallest absolute Gasteiger partial charge is 0.312 e. The van der Waals surface area contributed by atoms with Crippen LogP contribution in [0.5, 0.6) is 0 Å². The van der Waals surface area contributed by atoms with Crippen LogP contribution in [0.15, 0.2) is 60.7 Å². The molecule has 2 amide bonds. The first kappa shape index (κ1) is 17.2. The third kappa shape index (κ3) is 4.67. The van der Waals surface area contributed by atoms with Crippen LogP contribution in [0.2, 0.25) is 0 Å². The number of piperazine rings is 1. The molecule has 1 heterocycles. The maximum absolute atomic E-state index is 12.9. The molecular formula is C20H23N3O2. The van der Waals surface area contributed by atoms with Crippen LogP contribution >= 0.6 is 0 Å². The van der Waals surface area contributed by atoms with Crippen molar-refractivity contribution in [1.29, 1.82) is 0 Å². The van der Waals surface area contributed by atoms with Gasteiger partial charge >= 0.3 is 11.8 Å². The van der Waals surface area contributed by atoms with Gasteiger partial charge in [-0.15, -0.1) is 0 Å². The second kappa shape index (κ2) is 8.44. The fraction of sp³-hybridized carbons (Fsp3) is 0.300. The summed E-state index contributed by atoms with van der Waals surface area (Å²) in [4.78, 5) is 28.8. The van der Waals surface area contributed by atoms with Gasteiger partial charge in [0.2, 0.25) is 0 Å². The van der Waals surface area contributed by atoms with Gasteiger partial charge in [-0.2, -0.15) is 0 Å². The van der Waals surface area contributed by atoms with Crippen molar-refractivity contribution in [3.8, 4) is 0 Å². The van der Waals surface area contributed by atoms with Crippen LogP contribution in [0.25, 0.3) is 0 Å². The Morgan fingerprint density at radius 3 is 1.80 bits per heavy atom. The highest BCUT2D eigenvalue weighted by Crippen LogP contribution is 2.12. The van der Waals surface area contributed by atoms with Crippen LogP contribution in [-0.4, -0.2) is 47.8 Å². The van der Waals surface area contributed by atoms with Crippen LogP contribution in [0.3, 0.4) is 0 Å². The Kier molecular flexibility index (Phi) is 5.80. The molecule has 0 aliphatic carbocycles. The van der Waals surface area contributed by atoms with Gasteiger partial charge < -0.3 is 15.1 Å². The lowest BCUT2D eigenvalue weighted by atomic mass is 10.1. The minimum Gasteiger partial charge on any atom is -0.332 e. The van der Waals surface area contributed by atoms with Crippen LogP contribution in [0, 0.1) is 0 Å². The van der Waals surface area contributed by atoms with E-state index in [9.17, 15) is 9.59 Å². The molecule has 0 spiro atoms. The predicted octanol–water partition coefficient (Wildman–Crippen LogP) is 1.65. The van der Waals surface area contributed by atoms with E-state index in [1.807, 2.05) is 60.7 Å². The summed E-state index contributed by atoms with van der Waals surface area (Å²) in [6.45, 7) is 3.47. The highest BCUT2D eigenvalue weighted by Gasteiger charge is 2.28. The van der Waals surface area contributed by atoms with E-state index >= 15 is 0 Å². The predicted molar refractivity (Wildman–Crippen MR) is 96.6 cm³/mol. The zero-order valence-electron chi connectivity index (χ0n) is 14.2. The quantitative estimate of drug-likeness (QED) is 0.863. The average molecular weight is 337 g/mol. The van der Waals surface area contributed by atoms with Gasteiger partial charge in [-0.05, 0) is 11.1 Å². The van der Waals surface area contributed by atoms with Crippen molar-refractivity contribution in [3.63, 3.8) is 0 Å². The summed E-state index contributed by atoms with van der Waals surface area (Å²) in [5.41, 5.74) is 2.03. The van der Waals surface area contributed by atoms with Gasteiger partial charge in [-0.25, -0.2) is 0 Å².